The Hall–Kier alpha value is 0.560. The molecular weight excluding hydrogens is 214 g/mol. The summed E-state index contributed by atoms with van der Waals surface area (Å²) in [6.07, 6.45) is 0. The van der Waals surface area contributed by atoms with Crippen molar-refractivity contribution < 1.29 is 4.74 Å². The second-order valence-electron chi connectivity index (χ2n) is 0.609. The minimum atomic E-state index is 0.196. The van der Waals surface area contributed by atoms with Crippen molar-refractivity contribution in [2.75, 3.05) is 6.07 Å². The molecule has 6 heavy (non-hydrogen) atoms. The minimum Gasteiger partial charge on any atom is -0.473 e. The molecule has 1 nitrogen and oxygen atoms in total. The molecule has 0 spiro atoms. The summed E-state index contributed by atoms with van der Waals surface area (Å²) in [4.78, 5) is 0. The van der Waals surface area contributed by atoms with Gasteiger partial charge in [-0.2, -0.15) is 0 Å². The Labute approximate surface area is 55.5 Å². The van der Waals surface area contributed by atoms with Crippen LogP contribution in [-0.4, -0.2) is 6.07 Å². The Balaban J connectivity index is 2.83. The molecule has 0 amide bonds. The standard InChI is InChI=1S/C3H4ClIO/c1-3(5)6-2-4/h1-2H2. The molecule has 0 aromatic rings. The fraction of sp³-hybridized carbons (Fsp3) is 0.333. The Bertz CT molecular complexity index is 54.8. The molecule has 0 aromatic carbocycles. The van der Waals surface area contributed by atoms with Crippen molar-refractivity contribution in [2.24, 2.45) is 0 Å². The van der Waals surface area contributed by atoms with Gasteiger partial charge in [-0.1, -0.05) is 18.2 Å². The van der Waals surface area contributed by atoms with E-state index >= 15 is 0 Å². The van der Waals surface area contributed by atoms with Crippen molar-refractivity contribution in [1.29, 1.82) is 0 Å². The molecule has 0 atom stereocenters. The summed E-state index contributed by atoms with van der Waals surface area (Å²) in [6, 6.07) is 0.196. The topological polar surface area (TPSA) is 9.23 Å². The van der Waals surface area contributed by atoms with Crippen LogP contribution in [0.1, 0.15) is 0 Å². The number of ether oxygens (including phenoxy) is 1. The highest BCUT2D eigenvalue weighted by Crippen LogP contribution is 2.02. The number of rotatable bonds is 2. The van der Waals surface area contributed by atoms with Gasteiger partial charge in [0.05, 0.1) is 0 Å². The van der Waals surface area contributed by atoms with Crippen molar-refractivity contribution in [2.45, 2.75) is 0 Å². The Morgan fingerprint density at radius 3 is 2.50 bits per heavy atom. The van der Waals surface area contributed by atoms with Crippen molar-refractivity contribution in [1.82, 2.24) is 0 Å². The molecule has 0 N–H and O–H groups in total. The van der Waals surface area contributed by atoms with Crippen LogP contribution < -0.4 is 0 Å². The number of hydrogen-bond donors (Lipinski definition) is 0. The highest BCUT2D eigenvalue weighted by molar-refractivity contribution is 14.1. The van der Waals surface area contributed by atoms with Gasteiger partial charge >= 0.3 is 0 Å². The first-order valence-corrected chi connectivity index (χ1v) is 2.92. The van der Waals surface area contributed by atoms with E-state index in [0.29, 0.717) is 3.77 Å². The Morgan fingerprint density at radius 2 is 2.50 bits per heavy atom. The summed E-state index contributed by atoms with van der Waals surface area (Å²) in [7, 11) is 0. The van der Waals surface area contributed by atoms with Gasteiger partial charge in [0.25, 0.3) is 0 Å². The third kappa shape index (κ3) is 4.56. The first-order chi connectivity index (χ1) is 2.77. The number of hydrogen-bond acceptors (Lipinski definition) is 1. The van der Waals surface area contributed by atoms with E-state index in [0.717, 1.165) is 0 Å². The first kappa shape index (κ1) is 6.56. The molecule has 0 saturated heterocycles. The lowest BCUT2D eigenvalue weighted by atomic mass is 11.1. The van der Waals surface area contributed by atoms with Crippen LogP contribution in [0.2, 0.25) is 0 Å². The maximum atomic E-state index is 5.11. The van der Waals surface area contributed by atoms with E-state index in [1.165, 1.54) is 0 Å². The Kier molecular flexibility index (Phi) is 4.09. The molecule has 0 radical (unpaired) electrons. The lowest BCUT2D eigenvalue weighted by molar-refractivity contribution is 0.308. The van der Waals surface area contributed by atoms with E-state index in [4.69, 9.17) is 11.6 Å². The quantitative estimate of drug-likeness (QED) is 0.392. The predicted molar refractivity (Wildman–Crippen MR) is 35.0 cm³/mol. The molecule has 0 aromatic heterocycles. The molecular formula is C3H4ClIO. The summed E-state index contributed by atoms with van der Waals surface area (Å²) in [5.74, 6) is 0. The minimum absolute atomic E-state index is 0.196. The monoisotopic (exact) mass is 218 g/mol. The number of alkyl halides is 1. The molecule has 0 fully saturated rings. The largest absolute Gasteiger partial charge is 0.473 e. The molecule has 0 aliphatic rings. The highest BCUT2D eigenvalue weighted by Gasteiger charge is 1.77. The fourth-order valence-corrected chi connectivity index (χ4v) is 0.531. The lowest BCUT2D eigenvalue weighted by Gasteiger charge is -1.91. The summed E-state index contributed by atoms with van der Waals surface area (Å²) in [5.41, 5.74) is 0. The maximum absolute atomic E-state index is 5.11. The molecule has 0 aliphatic heterocycles. The second-order valence-corrected chi connectivity index (χ2v) is 2.03. The van der Waals surface area contributed by atoms with Gasteiger partial charge in [0.15, 0.2) is 9.83 Å². The van der Waals surface area contributed by atoms with E-state index in [9.17, 15) is 0 Å². The van der Waals surface area contributed by atoms with Crippen LogP contribution in [0.4, 0.5) is 0 Å². The third-order valence-electron chi connectivity index (χ3n) is 0.211. The van der Waals surface area contributed by atoms with Crippen LogP contribution >= 0.6 is 34.2 Å². The van der Waals surface area contributed by atoms with Crippen molar-refractivity contribution >= 4 is 34.2 Å². The molecule has 0 aliphatic carbocycles. The molecule has 0 bridgehead atoms. The van der Waals surface area contributed by atoms with Crippen LogP contribution in [0.25, 0.3) is 0 Å². The zero-order valence-corrected chi connectivity index (χ0v) is 5.99. The normalized spacial score (nSPS) is 7.67. The third-order valence-corrected chi connectivity index (χ3v) is 0.632. The van der Waals surface area contributed by atoms with Gasteiger partial charge in [-0.15, -0.1) is 0 Å². The van der Waals surface area contributed by atoms with Gasteiger partial charge in [0, 0.05) is 0 Å². The van der Waals surface area contributed by atoms with Gasteiger partial charge in [0.2, 0.25) is 0 Å². The summed E-state index contributed by atoms with van der Waals surface area (Å²) < 4.78 is 5.23. The second kappa shape index (κ2) is 3.74. The molecule has 0 rings (SSSR count). The van der Waals surface area contributed by atoms with Gasteiger partial charge in [0.1, 0.15) is 0 Å². The van der Waals surface area contributed by atoms with E-state index in [-0.39, 0.29) is 6.07 Å². The van der Waals surface area contributed by atoms with Gasteiger partial charge in [-0.25, -0.2) is 0 Å². The lowest BCUT2D eigenvalue weighted by Crippen LogP contribution is -1.75. The zero-order chi connectivity index (χ0) is 4.99. The van der Waals surface area contributed by atoms with Crippen LogP contribution in [-0.2, 0) is 4.74 Å². The first-order valence-electron chi connectivity index (χ1n) is 1.30. The highest BCUT2D eigenvalue weighted by atomic mass is 127. The molecule has 0 saturated carbocycles. The van der Waals surface area contributed by atoms with Crippen LogP contribution in [0.3, 0.4) is 0 Å². The van der Waals surface area contributed by atoms with Crippen molar-refractivity contribution in [3.63, 3.8) is 0 Å². The summed E-state index contributed by atoms with van der Waals surface area (Å²) >= 11 is 7.05. The average molecular weight is 218 g/mol. The van der Waals surface area contributed by atoms with Gasteiger partial charge in [-0.05, 0) is 22.6 Å². The van der Waals surface area contributed by atoms with Crippen LogP contribution in [0.15, 0.2) is 10.3 Å². The number of halogens is 2. The smallest absolute Gasteiger partial charge is 0.162 e. The van der Waals surface area contributed by atoms with Crippen molar-refractivity contribution in [3.05, 3.63) is 10.3 Å². The van der Waals surface area contributed by atoms with Crippen LogP contribution in [0, 0.1) is 0 Å². The maximum Gasteiger partial charge on any atom is 0.162 e. The summed E-state index contributed by atoms with van der Waals surface area (Å²) in [5, 5.41) is 0. The predicted octanol–water partition coefficient (Wildman–Crippen LogP) is 2.11. The van der Waals surface area contributed by atoms with Gasteiger partial charge in [-0.3, -0.25) is 0 Å². The fourth-order valence-electron chi connectivity index (χ4n) is 0.0592. The molecule has 0 heterocycles. The van der Waals surface area contributed by atoms with E-state index in [2.05, 4.69) is 11.3 Å². The molecule has 36 valence electrons. The van der Waals surface area contributed by atoms with E-state index in [1.807, 2.05) is 22.6 Å². The van der Waals surface area contributed by atoms with E-state index in [1.54, 1.807) is 0 Å². The zero-order valence-electron chi connectivity index (χ0n) is 3.08. The molecule has 0 unspecified atom stereocenters. The molecule has 3 heteroatoms. The van der Waals surface area contributed by atoms with Crippen LogP contribution in [0.5, 0.6) is 0 Å². The SMILES string of the molecule is C=C(I)OCCl. The van der Waals surface area contributed by atoms with Crippen molar-refractivity contribution in [3.8, 4) is 0 Å². The van der Waals surface area contributed by atoms with Gasteiger partial charge < -0.3 is 4.74 Å². The Morgan fingerprint density at radius 1 is 2.00 bits per heavy atom. The average Bonchev–Trinajstić information content (AvgIpc) is 1.35. The van der Waals surface area contributed by atoms with E-state index < -0.39 is 0 Å². The summed E-state index contributed by atoms with van der Waals surface area (Å²) in [6.45, 7) is 3.42.